The Kier molecular flexibility index (Phi) is 4.46. The van der Waals surface area contributed by atoms with E-state index in [0.29, 0.717) is 11.3 Å². The summed E-state index contributed by atoms with van der Waals surface area (Å²) in [5, 5.41) is 0. The molecule has 1 aromatic carbocycles. The number of ether oxygens (including phenoxy) is 1. The van der Waals surface area contributed by atoms with E-state index >= 15 is 0 Å². The van der Waals surface area contributed by atoms with Crippen LogP contribution in [0.1, 0.15) is 26.4 Å². The van der Waals surface area contributed by atoms with Gasteiger partial charge in [0.1, 0.15) is 0 Å². The third-order valence-electron chi connectivity index (χ3n) is 3.09. The number of rotatable bonds is 5. The van der Waals surface area contributed by atoms with Gasteiger partial charge in [0.05, 0.1) is 16.2 Å². The second-order valence-corrected chi connectivity index (χ2v) is 6.85. The maximum Gasteiger partial charge on any atom is 0.338 e. The number of carbonyl (C=O) groups excluding carboxylic acids is 2. The molecule has 7 heteroatoms. The zero-order chi connectivity index (χ0) is 16.3. The highest BCUT2D eigenvalue weighted by Gasteiger charge is 2.17. The molecule has 1 heterocycles. The normalized spacial score (nSPS) is 11.2. The van der Waals surface area contributed by atoms with E-state index in [4.69, 9.17) is 4.74 Å². The second kappa shape index (κ2) is 6.15. The number of Topliss-reactive ketones (excluding diaryl/α,β-unsaturated/α-hetero) is 1. The Morgan fingerprint density at radius 2 is 1.95 bits per heavy atom. The van der Waals surface area contributed by atoms with Crippen LogP contribution in [0.4, 0.5) is 0 Å². The van der Waals surface area contributed by atoms with Crippen molar-refractivity contribution in [2.24, 2.45) is 0 Å². The van der Waals surface area contributed by atoms with E-state index in [0.717, 1.165) is 6.26 Å². The lowest BCUT2D eigenvalue weighted by atomic mass is 10.1. The molecule has 6 nitrogen and oxygen atoms in total. The van der Waals surface area contributed by atoms with Crippen molar-refractivity contribution in [2.45, 2.75) is 11.8 Å². The molecule has 1 N–H and O–H groups in total. The molecule has 2 aromatic rings. The first-order valence-electron chi connectivity index (χ1n) is 6.43. The Morgan fingerprint density at radius 1 is 1.23 bits per heavy atom. The minimum absolute atomic E-state index is 0.0285. The van der Waals surface area contributed by atoms with Crippen molar-refractivity contribution < 1.29 is 22.7 Å². The van der Waals surface area contributed by atoms with E-state index in [2.05, 4.69) is 4.98 Å². The summed E-state index contributed by atoms with van der Waals surface area (Å²) >= 11 is 0. The smallest absolute Gasteiger partial charge is 0.338 e. The van der Waals surface area contributed by atoms with E-state index < -0.39 is 22.4 Å². The molecule has 0 aliphatic carbocycles. The van der Waals surface area contributed by atoms with E-state index in [1.54, 1.807) is 25.3 Å². The Hall–Kier alpha value is -2.41. The molecule has 0 amide bonds. The molecule has 0 saturated heterocycles. The molecular weight excluding hydrogens is 306 g/mol. The molecule has 0 saturated carbocycles. The van der Waals surface area contributed by atoms with E-state index in [1.165, 1.54) is 18.2 Å². The molecule has 0 unspecified atom stereocenters. The number of aryl methyl sites for hydroxylation is 1. The van der Waals surface area contributed by atoms with E-state index in [9.17, 15) is 18.0 Å². The molecular formula is C15H15NO5S. The maximum absolute atomic E-state index is 12.0. The van der Waals surface area contributed by atoms with Crippen LogP contribution in [0, 0.1) is 6.92 Å². The fourth-order valence-electron chi connectivity index (χ4n) is 1.84. The van der Waals surface area contributed by atoms with Gasteiger partial charge in [0.25, 0.3) is 0 Å². The number of hydrogen-bond acceptors (Lipinski definition) is 5. The van der Waals surface area contributed by atoms with E-state index in [1.807, 2.05) is 0 Å². The molecule has 0 aliphatic heterocycles. The molecule has 1 aromatic heterocycles. The van der Waals surface area contributed by atoms with Crippen molar-refractivity contribution in [1.82, 2.24) is 4.98 Å². The number of aromatic nitrogens is 1. The van der Waals surface area contributed by atoms with Crippen LogP contribution >= 0.6 is 0 Å². The summed E-state index contributed by atoms with van der Waals surface area (Å²) in [5.41, 5.74) is 1.04. The van der Waals surface area contributed by atoms with Crippen molar-refractivity contribution in [3.05, 3.63) is 53.3 Å². The third-order valence-corrected chi connectivity index (χ3v) is 4.20. The molecule has 2 rings (SSSR count). The van der Waals surface area contributed by atoms with Gasteiger partial charge in [0.2, 0.25) is 5.78 Å². The third kappa shape index (κ3) is 3.62. The number of sulfone groups is 1. The predicted molar refractivity (Wildman–Crippen MR) is 79.7 cm³/mol. The van der Waals surface area contributed by atoms with Gasteiger partial charge in [0, 0.05) is 12.5 Å². The van der Waals surface area contributed by atoms with Crippen molar-refractivity contribution in [1.29, 1.82) is 0 Å². The topological polar surface area (TPSA) is 93.3 Å². The number of esters is 1. The lowest BCUT2D eigenvalue weighted by Gasteiger charge is -2.08. The van der Waals surface area contributed by atoms with Crippen molar-refractivity contribution in [3.8, 4) is 0 Å². The first-order chi connectivity index (χ1) is 10.3. The average molecular weight is 321 g/mol. The van der Waals surface area contributed by atoms with Gasteiger partial charge in [-0.05, 0) is 36.8 Å². The molecule has 22 heavy (non-hydrogen) atoms. The van der Waals surface area contributed by atoms with Crippen LogP contribution in [-0.4, -0.2) is 38.0 Å². The average Bonchev–Trinajstić information content (AvgIpc) is 2.97. The SMILES string of the molecule is Cc1ccc(S(C)(=O)=O)cc1C(=O)OCC(=O)c1ccc[nH]1. The molecule has 0 spiro atoms. The van der Waals surface area contributed by atoms with Gasteiger partial charge in [-0.1, -0.05) is 6.07 Å². The van der Waals surface area contributed by atoms with Gasteiger partial charge >= 0.3 is 5.97 Å². The number of nitrogens with one attached hydrogen (secondary N) is 1. The van der Waals surface area contributed by atoms with Gasteiger partial charge in [-0.3, -0.25) is 4.79 Å². The largest absolute Gasteiger partial charge is 0.454 e. The fourth-order valence-corrected chi connectivity index (χ4v) is 2.49. The van der Waals surface area contributed by atoms with E-state index in [-0.39, 0.29) is 16.2 Å². The van der Waals surface area contributed by atoms with Gasteiger partial charge in [-0.25, -0.2) is 13.2 Å². The highest BCUT2D eigenvalue weighted by atomic mass is 32.2. The van der Waals surface area contributed by atoms with Gasteiger partial charge in [-0.2, -0.15) is 0 Å². The highest BCUT2D eigenvalue weighted by molar-refractivity contribution is 7.90. The molecule has 0 bridgehead atoms. The van der Waals surface area contributed by atoms with Crippen molar-refractivity contribution in [2.75, 3.05) is 12.9 Å². The Balaban J connectivity index is 2.14. The number of H-pyrrole nitrogens is 1. The van der Waals surface area contributed by atoms with Crippen LogP contribution in [0.5, 0.6) is 0 Å². The molecule has 0 atom stereocenters. The van der Waals surface area contributed by atoms with Crippen LogP contribution in [0.25, 0.3) is 0 Å². The van der Waals surface area contributed by atoms with Crippen molar-refractivity contribution in [3.63, 3.8) is 0 Å². The van der Waals surface area contributed by atoms with Crippen LogP contribution in [-0.2, 0) is 14.6 Å². The minimum Gasteiger partial charge on any atom is -0.454 e. The Labute approximate surface area is 128 Å². The summed E-state index contributed by atoms with van der Waals surface area (Å²) in [6, 6.07) is 7.44. The second-order valence-electron chi connectivity index (χ2n) is 4.83. The molecule has 116 valence electrons. The van der Waals surface area contributed by atoms with Gasteiger partial charge in [0.15, 0.2) is 16.4 Å². The van der Waals surface area contributed by atoms with Crippen LogP contribution in [0.3, 0.4) is 0 Å². The zero-order valence-electron chi connectivity index (χ0n) is 12.1. The van der Waals surface area contributed by atoms with Crippen LogP contribution < -0.4 is 0 Å². The standard InChI is InChI=1S/C15H15NO5S/c1-10-5-6-11(22(2,19)20)8-12(10)15(18)21-9-14(17)13-4-3-7-16-13/h3-8,16H,9H2,1-2H3. The highest BCUT2D eigenvalue weighted by Crippen LogP contribution is 2.16. The summed E-state index contributed by atoms with van der Waals surface area (Å²) in [6.07, 6.45) is 2.65. The lowest BCUT2D eigenvalue weighted by Crippen LogP contribution is -2.15. The minimum atomic E-state index is -3.42. The number of ketones is 1. The summed E-state index contributed by atoms with van der Waals surface area (Å²) in [6.45, 7) is 1.25. The number of hydrogen-bond donors (Lipinski definition) is 1. The maximum atomic E-state index is 12.0. The van der Waals surface area contributed by atoms with Crippen molar-refractivity contribution >= 4 is 21.6 Å². The molecule has 0 radical (unpaired) electrons. The molecule has 0 aliphatic rings. The lowest BCUT2D eigenvalue weighted by molar-refractivity contribution is 0.0472. The quantitative estimate of drug-likeness (QED) is 0.669. The summed E-state index contributed by atoms with van der Waals surface area (Å²) in [4.78, 5) is 26.5. The fraction of sp³-hybridized carbons (Fsp3) is 0.200. The predicted octanol–water partition coefficient (Wildman–Crippen LogP) is 1.77. The Bertz CT molecular complexity index is 806. The number of benzene rings is 1. The number of carbonyl (C=O) groups is 2. The summed E-state index contributed by atoms with van der Waals surface area (Å²) < 4.78 is 28.0. The van der Waals surface area contributed by atoms with Gasteiger partial charge in [-0.15, -0.1) is 0 Å². The zero-order valence-corrected chi connectivity index (χ0v) is 12.9. The van der Waals surface area contributed by atoms with Crippen LogP contribution in [0.15, 0.2) is 41.4 Å². The first kappa shape index (κ1) is 16.0. The monoisotopic (exact) mass is 321 g/mol. The van der Waals surface area contributed by atoms with Crippen LogP contribution in [0.2, 0.25) is 0 Å². The first-order valence-corrected chi connectivity index (χ1v) is 8.32. The number of aromatic amines is 1. The Morgan fingerprint density at radius 3 is 2.55 bits per heavy atom. The van der Waals surface area contributed by atoms with Gasteiger partial charge < -0.3 is 9.72 Å². The summed E-state index contributed by atoms with van der Waals surface area (Å²) in [7, 11) is -3.42. The molecule has 0 fully saturated rings. The summed E-state index contributed by atoms with van der Waals surface area (Å²) in [5.74, 6) is -1.10.